The molecule has 0 fully saturated rings. The maximum absolute atomic E-state index is 12.1. The third-order valence-corrected chi connectivity index (χ3v) is 4.63. The summed E-state index contributed by atoms with van der Waals surface area (Å²) in [6.45, 7) is 6.29. The number of amides is 1. The number of aromatic nitrogens is 3. The van der Waals surface area contributed by atoms with E-state index in [4.69, 9.17) is 4.52 Å². The van der Waals surface area contributed by atoms with E-state index in [9.17, 15) is 4.79 Å². The van der Waals surface area contributed by atoms with Crippen molar-refractivity contribution in [2.24, 2.45) is 5.92 Å². The van der Waals surface area contributed by atoms with Crippen molar-refractivity contribution in [3.05, 3.63) is 41.1 Å². The lowest BCUT2D eigenvalue weighted by Crippen LogP contribution is -2.27. The SMILES string of the molecule is Cc1ncc(-c2onc(C)c2C)c(CCNC(=O)CC2C=CCC2)n1. The van der Waals surface area contributed by atoms with Crippen molar-refractivity contribution in [3.63, 3.8) is 0 Å². The Morgan fingerprint density at radius 3 is 2.88 bits per heavy atom. The molecule has 0 saturated carbocycles. The predicted molar refractivity (Wildman–Crippen MR) is 94.9 cm³/mol. The van der Waals surface area contributed by atoms with Crippen LogP contribution in [0, 0.1) is 26.7 Å². The monoisotopic (exact) mass is 340 g/mol. The van der Waals surface area contributed by atoms with Gasteiger partial charge in [0, 0.05) is 31.1 Å². The molecule has 6 nitrogen and oxygen atoms in total. The molecular weight excluding hydrogens is 316 g/mol. The maximum Gasteiger partial charge on any atom is 0.220 e. The van der Waals surface area contributed by atoms with Crippen LogP contribution < -0.4 is 5.32 Å². The summed E-state index contributed by atoms with van der Waals surface area (Å²) in [4.78, 5) is 20.9. The van der Waals surface area contributed by atoms with E-state index in [1.165, 1.54) is 0 Å². The summed E-state index contributed by atoms with van der Waals surface area (Å²) >= 11 is 0. The second-order valence-corrected chi connectivity index (χ2v) is 6.57. The van der Waals surface area contributed by atoms with Crippen molar-refractivity contribution in [1.29, 1.82) is 0 Å². The van der Waals surface area contributed by atoms with Gasteiger partial charge in [-0.1, -0.05) is 17.3 Å². The van der Waals surface area contributed by atoms with Gasteiger partial charge in [0.1, 0.15) is 5.82 Å². The molecule has 1 atom stereocenters. The molecular formula is C19H24N4O2. The first-order valence-electron chi connectivity index (χ1n) is 8.73. The van der Waals surface area contributed by atoms with Crippen LogP contribution in [0.3, 0.4) is 0 Å². The molecule has 0 aromatic carbocycles. The number of carbonyl (C=O) groups is 1. The molecule has 1 amide bonds. The van der Waals surface area contributed by atoms with Gasteiger partial charge < -0.3 is 9.84 Å². The molecule has 2 aromatic heterocycles. The number of allylic oxidation sites excluding steroid dienone is 2. The zero-order chi connectivity index (χ0) is 17.8. The minimum atomic E-state index is 0.0931. The van der Waals surface area contributed by atoms with Gasteiger partial charge in [-0.2, -0.15) is 0 Å². The van der Waals surface area contributed by atoms with Crippen molar-refractivity contribution in [2.75, 3.05) is 6.54 Å². The molecule has 132 valence electrons. The zero-order valence-corrected chi connectivity index (χ0v) is 15.0. The molecule has 0 bridgehead atoms. The summed E-state index contributed by atoms with van der Waals surface area (Å²) in [6.07, 6.45) is 9.41. The first-order chi connectivity index (χ1) is 12.0. The van der Waals surface area contributed by atoms with E-state index < -0.39 is 0 Å². The van der Waals surface area contributed by atoms with Gasteiger partial charge in [0.05, 0.1) is 17.0 Å². The molecule has 0 spiro atoms. The first kappa shape index (κ1) is 17.3. The van der Waals surface area contributed by atoms with Crippen LogP contribution in [0.1, 0.15) is 42.0 Å². The van der Waals surface area contributed by atoms with Gasteiger partial charge in [0.15, 0.2) is 5.76 Å². The number of hydrogen-bond donors (Lipinski definition) is 1. The van der Waals surface area contributed by atoms with Crippen LogP contribution >= 0.6 is 0 Å². The average Bonchev–Trinajstić information content (AvgIpc) is 3.19. The van der Waals surface area contributed by atoms with Crippen LogP contribution in [0.25, 0.3) is 11.3 Å². The van der Waals surface area contributed by atoms with Gasteiger partial charge >= 0.3 is 0 Å². The number of aryl methyl sites for hydroxylation is 2. The Kier molecular flexibility index (Phi) is 5.26. The number of nitrogens with zero attached hydrogens (tertiary/aromatic N) is 3. The summed E-state index contributed by atoms with van der Waals surface area (Å²) in [6, 6.07) is 0. The van der Waals surface area contributed by atoms with Gasteiger partial charge in [0.2, 0.25) is 5.91 Å². The molecule has 0 saturated heterocycles. The molecule has 1 unspecified atom stereocenters. The molecule has 2 aromatic rings. The quantitative estimate of drug-likeness (QED) is 0.817. The molecule has 0 aliphatic heterocycles. The standard InChI is InChI=1S/C19H24N4O2/c1-12-13(2)23-25-19(12)16-11-21-14(3)22-17(16)8-9-20-18(24)10-15-6-4-5-7-15/h4,6,11,15H,5,7-10H2,1-3H3,(H,20,24). The van der Waals surface area contributed by atoms with Gasteiger partial charge in [-0.25, -0.2) is 9.97 Å². The van der Waals surface area contributed by atoms with Crippen molar-refractivity contribution in [2.45, 2.75) is 46.5 Å². The van der Waals surface area contributed by atoms with Crippen LogP contribution in [0.15, 0.2) is 22.9 Å². The number of rotatable bonds is 6. The lowest BCUT2D eigenvalue weighted by atomic mass is 10.0. The van der Waals surface area contributed by atoms with E-state index in [0.29, 0.717) is 36.9 Å². The third kappa shape index (κ3) is 4.13. The molecule has 6 heteroatoms. The summed E-state index contributed by atoms with van der Waals surface area (Å²) in [5.74, 6) is 1.89. The van der Waals surface area contributed by atoms with Gasteiger partial charge in [-0.3, -0.25) is 4.79 Å². The normalized spacial score (nSPS) is 16.4. The van der Waals surface area contributed by atoms with Crippen LogP contribution in [0.5, 0.6) is 0 Å². The highest BCUT2D eigenvalue weighted by Crippen LogP contribution is 2.27. The minimum Gasteiger partial charge on any atom is -0.356 e. The van der Waals surface area contributed by atoms with Crippen LogP contribution in [0.2, 0.25) is 0 Å². The lowest BCUT2D eigenvalue weighted by Gasteiger charge is -2.10. The smallest absolute Gasteiger partial charge is 0.220 e. The third-order valence-electron chi connectivity index (χ3n) is 4.63. The topological polar surface area (TPSA) is 80.9 Å². The predicted octanol–water partition coefficient (Wildman–Crippen LogP) is 3.07. The molecule has 1 aliphatic rings. The molecule has 1 N–H and O–H groups in total. The zero-order valence-electron chi connectivity index (χ0n) is 15.0. The molecule has 0 radical (unpaired) electrons. The number of carbonyl (C=O) groups excluding carboxylic acids is 1. The van der Waals surface area contributed by atoms with Gasteiger partial charge in [-0.15, -0.1) is 0 Å². The summed E-state index contributed by atoms with van der Waals surface area (Å²) < 4.78 is 5.45. The van der Waals surface area contributed by atoms with Crippen molar-refractivity contribution in [1.82, 2.24) is 20.4 Å². The highest BCUT2D eigenvalue weighted by molar-refractivity contribution is 5.76. The van der Waals surface area contributed by atoms with Gasteiger partial charge in [0.25, 0.3) is 0 Å². The second kappa shape index (κ2) is 7.59. The Labute approximate surface area is 147 Å². The Balaban J connectivity index is 1.65. The van der Waals surface area contributed by atoms with Crippen molar-refractivity contribution >= 4 is 5.91 Å². The van der Waals surface area contributed by atoms with Crippen LogP contribution in [-0.2, 0) is 11.2 Å². The molecule has 2 heterocycles. The van der Waals surface area contributed by atoms with Crippen molar-refractivity contribution in [3.8, 4) is 11.3 Å². The Hall–Kier alpha value is -2.50. The summed E-state index contributed by atoms with van der Waals surface area (Å²) in [5, 5.41) is 7.01. The highest BCUT2D eigenvalue weighted by Gasteiger charge is 2.17. The number of hydrogen-bond acceptors (Lipinski definition) is 5. The largest absolute Gasteiger partial charge is 0.356 e. The fourth-order valence-corrected chi connectivity index (χ4v) is 3.06. The van der Waals surface area contributed by atoms with E-state index in [2.05, 4.69) is 32.6 Å². The van der Waals surface area contributed by atoms with E-state index in [1.54, 1.807) is 6.20 Å². The lowest BCUT2D eigenvalue weighted by molar-refractivity contribution is -0.121. The van der Waals surface area contributed by atoms with Crippen LogP contribution in [0.4, 0.5) is 0 Å². The fraction of sp³-hybridized carbons (Fsp3) is 0.474. The fourth-order valence-electron chi connectivity index (χ4n) is 3.06. The minimum absolute atomic E-state index is 0.0931. The maximum atomic E-state index is 12.1. The van der Waals surface area contributed by atoms with Crippen LogP contribution in [-0.4, -0.2) is 27.6 Å². The Morgan fingerprint density at radius 2 is 2.20 bits per heavy atom. The first-order valence-corrected chi connectivity index (χ1v) is 8.73. The summed E-state index contributed by atoms with van der Waals surface area (Å²) in [7, 11) is 0. The highest BCUT2D eigenvalue weighted by atomic mass is 16.5. The second-order valence-electron chi connectivity index (χ2n) is 6.57. The van der Waals surface area contributed by atoms with E-state index in [1.807, 2.05) is 20.8 Å². The molecule has 3 rings (SSSR count). The Bertz CT molecular complexity index is 795. The molecule has 1 aliphatic carbocycles. The van der Waals surface area contributed by atoms with Crippen molar-refractivity contribution < 1.29 is 9.32 Å². The average molecular weight is 340 g/mol. The number of nitrogens with one attached hydrogen (secondary N) is 1. The summed E-state index contributed by atoms with van der Waals surface area (Å²) in [5.41, 5.74) is 3.56. The van der Waals surface area contributed by atoms with Gasteiger partial charge in [-0.05, 0) is 39.5 Å². The van der Waals surface area contributed by atoms with E-state index >= 15 is 0 Å². The van der Waals surface area contributed by atoms with E-state index in [-0.39, 0.29) is 5.91 Å². The molecule has 25 heavy (non-hydrogen) atoms. The Morgan fingerprint density at radius 1 is 1.36 bits per heavy atom. The van der Waals surface area contributed by atoms with E-state index in [0.717, 1.165) is 35.4 Å².